The smallest absolute Gasteiger partial charge is 0.235 e. The summed E-state index contributed by atoms with van der Waals surface area (Å²) >= 11 is 3.78. The number of halogens is 1. The fourth-order valence-electron chi connectivity index (χ4n) is 5.85. The van der Waals surface area contributed by atoms with Crippen LogP contribution in [0, 0.1) is 0 Å². The van der Waals surface area contributed by atoms with Gasteiger partial charge < -0.3 is 0 Å². The average molecular weight is 576 g/mol. The highest BCUT2D eigenvalue weighted by Gasteiger charge is 2.21. The zero-order valence-electron chi connectivity index (χ0n) is 21.4. The van der Waals surface area contributed by atoms with Crippen LogP contribution < -0.4 is 4.90 Å². The van der Waals surface area contributed by atoms with E-state index in [0.29, 0.717) is 5.95 Å². The van der Waals surface area contributed by atoms with E-state index < -0.39 is 0 Å². The van der Waals surface area contributed by atoms with Crippen molar-refractivity contribution in [3.8, 4) is 11.3 Å². The van der Waals surface area contributed by atoms with Gasteiger partial charge in [-0.25, -0.2) is 9.97 Å². The monoisotopic (exact) mass is 575 g/mol. The number of rotatable bonds is 4. The quantitative estimate of drug-likeness (QED) is 0.195. The second-order valence-corrected chi connectivity index (χ2v) is 10.9. The molecule has 0 N–H and O–H groups in total. The van der Waals surface area contributed by atoms with Gasteiger partial charge in [0.1, 0.15) is 0 Å². The summed E-state index contributed by atoms with van der Waals surface area (Å²) < 4.78 is 1.10. The van der Waals surface area contributed by atoms with E-state index in [-0.39, 0.29) is 0 Å². The molecular formula is C36H22BrN3. The lowest BCUT2D eigenvalue weighted by Crippen LogP contribution is -2.14. The van der Waals surface area contributed by atoms with Crippen molar-refractivity contribution >= 4 is 76.3 Å². The number of benzene rings is 7. The maximum atomic E-state index is 5.11. The van der Waals surface area contributed by atoms with Crippen molar-refractivity contribution in [1.29, 1.82) is 0 Å². The predicted molar refractivity (Wildman–Crippen MR) is 171 cm³/mol. The second-order valence-electron chi connectivity index (χ2n) is 10.0. The normalized spacial score (nSPS) is 11.6. The number of aromatic nitrogens is 2. The van der Waals surface area contributed by atoms with Gasteiger partial charge in [0.25, 0.3) is 0 Å². The van der Waals surface area contributed by atoms with Crippen molar-refractivity contribution < 1.29 is 0 Å². The molecule has 0 saturated carbocycles. The van der Waals surface area contributed by atoms with E-state index in [9.17, 15) is 0 Å². The van der Waals surface area contributed by atoms with Gasteiger partial charge in [-0.3, -0.25) is 4.90 Å². The van der Waals surface area contributed by atoms with Crippen molar-refractivity contribution in [2.24, 2.45) is 0 Å². The first kappa shape index (κ1) is 23.1. The van der Waals surface area contributed by atoms with Gasteiger partial charge in [-0.15, -0.1) is 0 Å². The Morgan fingerprint density at radius 1 is 0.550 bits per heavy atom. The Balaban J connectivity index is 1.43. The number of hydrogen-bond donors (Lipinski definition) is 0. The molecule has 1 aromatic heterocycles. The molecule has 0 aliphatic rings. The molecular weight excluding hydrogens is 554 g/mol. The molecule has 0 aliphatic heterocycles. The Kier molecular flexibility index (Phi) is 5.29. The summed E-state index contributed by atoms with van der Waals surface area (Å²) in [7, 11) is 0. The summed E-state index contributed by atoms with van der Waals surface area (Å²) in [4.78, 5) is 12.1. The van der Waals surface area contributed by atoms with Crippen LogP contribution in [0.5, 0.6) is 0 Å². The largest absolute Gasteiger partial charge is 0.279 e. The van der Waals surface area contributed by atoms with Gasteiger partial charge in [-0.2, -0.15) is 0 Å². The molecule has 0 unspecified atom stereocenters. The molecule has 0 saturated heterocycles. The summed E-state index contributed by atoms with van der Waals surface area (Å²) in [5.74, 6) is 0.632. The van der Waals surface area contributed by atoms with Gasteiger partial charge in [-0.1, -0.05) is 113 Å². The van der Waals surface area contributed by atoms with Crippen LogP contribution in [0.3, 0.4) is 0 Å². The average Bonchev–Trinajstić information content (AvgIpc) is 3.02. The van der Waals surface area contributed by atoms with E-state index >= 15 is 0 Å². The molecule has 0 radical (unpaired) electrons. The van der Waals surface area contributed by atoms with Crippen molar-refractivity contribution in [2.75, 3.05) is 4.90 Å². The van der Waals surface area contributed by atoms with E-state index in [2.05, 4.69) is 124 Å². The summed E-state index contributed by atoms with van der Waals surface area (Å²) in [5.41, 5.74) is 4.00. The van der Waals surface area contributed by atoms with Crippen LogP contribution in [0.4, 0.5) is 17.3 Å². The maximum Gasteiger partial charge on any atom is 0.235 e. The van der Waals surface area contributed by atoms with Crippen LogP contribution >= 0.6 is 15.9 Å². The third kappa shape index (κ3) is 3.64. The SMILES string of the molecule is Brc1ccc2ccc3c(N(c4ccc5ccccc5c4)c4nccc(-c5ccccc5)n4)ccc4ccc1c2c43. The van der Waals surface area contributed by atoms with Crippen LogP contribution in [0.2, 0.25) is 0 Å². The molecule has 4 heteroatoms. The molecule has 1 heterocycles. The van der Waals surface area contributed by atoms with Crippen LogP contribution in [0.15, 0.2) is 138 Å². The van der Waals surface area contributed by atoms with Crippen LogP contribution in [-0.4, -0.2) is 9.97 Å². The van der Waals surface area contributed by atoms with Gasteiger partial charge in [0.2, 0.25) is 5.95 Å². The van der Waals surface area contributed by atoms with Gasteiger partial charge >= 0.3 is 0 Å². The second kappa shape index (κ2) is 9.15. The highest BCUT2D eigenvalue weighted by Crippen LogP contribution is 2.44. The third-order valence-corrected chi connectivity index (χ3v) is 8.42. The van der Waals surface area contributed by atoms with Crippen molar-refractivity contribution in [2.45, 2.75) is 0 Å². The summed E-state index contributed by atoms with van der Waals surface area (Å²) in [6, 6.07) is 44.9. The molecule has 188 valence electrons. The highest BCUT2D eigenvalue weighted by molar-refractivity contribution is 9.10. The van der Waals surface area contributed by atoms with Crippen LogP contribution in [0.25, 0.3) is 54.3 Å². The number of hydrogen-bond acceptors (Lipinski definition) is 3. The van der Waals surface area contributed by atoms with Gasteiger partial charge in [0.05, 0.1) is 11.4 Å². The first-order valence-electron chi connectivity index (χ1n) is 13.3. The zero-order chi connectivity index (χ0) is 26.6. The Morgan fingerprint density at radius 2 is 1.23 bits per heavy atom. The lowest BCUT2D eigenvalue weighted by molar-refractivity contribution is 1.09. The van der Waals surface area contributed by atoms with Gasteiger partial charge in [0, 0.05) is 27.3 Å². The number of fused-ring (bicyclic) bond motifs is 1. The Bertz CT molecular complexity index is 2190. The molecule has 0 amide bonds. The molecule has 0 spiro atoms. The molecule has 0 bridgehead atoms. The Morgan fingerprint density at radius 3 is 2.08 bits per heavy atom. The fraction of sp³-hybridized carbons (Fsp3) is 0. The number of nitrogens with zero attached hydrogens (tertiary/aromatic N) is 3. The van der Waals surface area contributed by atoms with Gasteiger partial charge in [-0.05, 0) is 68.0 Å². The molecule has 3 nitrogen and oxygen atoms in total. The minimum absolute atomic E-state index is 0.632. The molecule has 8 aromatic rings. The highest BCUT2D eigenvalue weighted by atomic mass is 79.9. The van der Waals surface area contributed by atoms with Crippen molar-refractivity contribution in [3.63, 3.8) is 0 Å². The topological polar surface area (TPSA) is 29.0 Å². The third-order valence-electron chi connectivity index (χ3n) is 7.73. The molecule has 7 aromatic carbocycles. The maximum absolute atomic E-state index is 5.11. The van der Waals surface area contributed by atoms with E-state index in [1.54, 1.807) is 0 Å². The lowest BCUT2D eigenvalue weighted by atomic mass is 9.93. The summed E-state index contributed by atoms with van der Waals surface area (Å²) in [5, 5.41) is 9.71. The van der Waals surface area contributed by atoms with E-state index in [1.807, 2.05) is 30.5 Å². The molecule has 0 aliphatic carbocycles. The van der Waals surface area contributed by atoms with E-state index in [0.717, 1.165) is 32.5 Å². The number of anilines is 3. The standard InChI is InChI=1S/C36H22BrN3/c37-31-18-13-25-12-17-30-33(19-14-26-11-16-29(31)34(25)35(26)30)40(28-15-10-23-6-4-5-9-27(23)22-28)36-38-21-20-32(39-36)24-7-2-1-3-8-24/h1-22H. The minimum Gasteiger partial charge on any atom is -0.279 e. The van der Waals surface area contributed by atoms with Gasteiger partial charge in [0.15, 0.2) is 0 Å². The van der Waals surface area contributed by atoms with Crippen molar-refractivity contribution in [1.82, 2.24) is 9.97 Å². The molecule has 40 heavy (non-hydrogen) atoms. The minimum atomic E-state index is 0.632. The van der Waals surface area contributed by atoms with E-state index in [1.165, 1.54) is 37.7 Å². The van der Waals surface area contributed by atoms with Crippen LogP contribution in [0.1, 0.15) is 0 Å². The van der Waals surface area contributed by atoms with Crippen LogP contribution in [-0.2, 0) is 0 Å². The fourth-order valence-corrected chi connectivity index (χ4v) is 6.31. The Labute approximate surface area is 239 Å². The molecule has 8 rings (SSSR count). The molecule has 0 fully saturated rings. The Hall–Kier alpha value is -4.80. The molecule has 0 atom stereocenters. The van der Waals surface area contributed by atoms with Crippen molar-refractivity contribution in [3.05, 3.63) is 138 Å². The first-order chi connectivity index (χ1) is 19.7. The predicted octanol–water partition coefficient (Wildman–Crippen LogP) is 10.4. The summed E-state index contributed by atoms with van der Waals surface area (Å²) in [6.07, 6.45) is 1.85. The first-order valence-corrected chi connectivity index (χ1v) is 14.1. The lowest BCUT2D eigenvalue weighted by Gasteiger charge is -2.26. The summed E-state index contributed by atoms with van der Waals surface area (Å²) in [6.45, 7) is 0. The zero-order valence-corrected chi connectivity index (χ0v) is 23.0. The van der Waals surface area contributed by atoms with E-state index in [4.69, 9.17) is 9.97 Å².